The summed E-state index contributed by atoms with van der Waals surface area (Å²) >= 11 is 10.7. The summed E-state index contributed by atoms with van der Waals surface area (Å²) in [5.74, 6) is 0.611. The van der Waals surface area contributed by atoms with E-state index in [4.69, 9.17) is 21.1 Å². The fourth-order valence-corrected chi connectivity index (χ4v) is 4.78. The Hall–Kier alpha value is -1.13. The van der Waals surface area contributed by atoms with Crippen molar-refractivity contribution in [2.45, 2.75) is 19.8 Å². The summed E-state index contributed by atoms with van der Waals surface area (Å²) in [6.45, 7) is 2.83. The minimum Gasteiger partial charge on any atom is -0.491 e. The van der Waals surface area contributed by atoms with Gasteiger partial charge in [0.15, 0.2) is 5.70 Å². The molecule has 3 rings (SSSR count). The van der Waals surface area contributed by atoms with E-state index in [2.05, 4.69) is 57.1 Å². The first-order valence-electron chi connectivity index (χ1n) is 8.39. The Bertz CT molecular complexity index is 918. The van der Waals surface area contributed by atoms with Crippen LogP contribution in [0.3, 0.4) is 0 Å². The van der Waals surface area contributed by atoms with Crippen LogP contribution in [-0.4, -0.2) is 18.5 Å². The molecule has 0 saturated carbocycles. The number of unbranched alkanes of at least 4 members (excludes halogenated alkanes) is 1. The zero-order valence-corrected chi connectivity index (χ0v) is 19.5. The van der Waals surface area contributed by atoms with Crippen LogP contribution in [0.25, 0.3) is 6.08 Å². The standard InChI is InChI=1S/C20H16ClI2NO3/c1-2-3-8-26-18-15(22)9-12(10-16(18)23)11-17-20(25)27-19(24-17)13-6-4-5-7-14(13)21/h4-7,9-11H,2-3,8H2,1H3/b17-11-. The fourth-order valence-electron chi connectivity index (χ4n) is 2.44. The number of benzene rings is 2. The maximum absolute atomic E-state index is 12.2. The zero-order chi connectivity index (χ0) is 19.4. The molecular formula is C20H16ClI2NO3. The lowest BCUT2D eigenvalue weighted by Gasteiger charge is -2.11. The number of halogens is 3. The van der Waals surface area contributed by atoms with Gasteiger partial charge in [-0.2, -0.15) is 0 Å². The van der Waals surface area contributed by atoms with E-state index in [1.807, 2.05) is 24.3 Å². The van der Waals surface area contributed by atoms with Crippen molar-refractivity contribution in [3.05, 3.63) is 65.4 Å². The van der Waals surface area contributed by atoms with Gasteiger partial charge in [-0.05, 0) is 87.5 Å². The minimum atomic E-state index is -0.488. The van der Waals surface area contributed by atoms with Gasteiger partial charge in [0, 0.05) is 0 Å². The summed E-state index contributed by atoms with van der Waals surface area (Å²) < 4.78 is 13.1. The lowest BCUT2D eigenvalue weighted by molar-refractivity contribution is -0.129. The molecule has 0 unspecified atom stereocenters. The highest BCUT2D eigenvalue weighted by molar-refractivity contribution is 14.1. The summed E-state index contributed by atoms with van der Waals surface area (Å²) in [4.78, 5) is 16.5. The third-order valence-electron chi connectivity index (χ3n) is 3.79. The van der Waals surface area contributed by atoms with E-state index >= 15 is 0 Å². The maximum Gasteiger partial charge on any atom is 0.363 e. The van der Waals surface area contributed by atoms with Crippen LogP contribution < -0.4 is 4.74 Å². The van der Waals surface area contributed by atoms with E-state index in [1.54, 1.807) is 18.2 Å². The predicted octanol–water partition coefficient (Wildman–Crippen LogP) is 6.07. The number of rotatable bonds is 6. The van der Waals surface area contributed by atoms with Gasteiger partial charge in [0.25, 0.3) is 0 Å². The van der Waals surface area contributed by atoms with E-state index in [1.165, 1.54) is 0 Å². The molecule has 0 amide bonds. The Labute approximate surface area is 190 Å². The number of hydrogen-bond acceptors (Lipinski definition) is 4. The molecule has 7 heteroatoms. The second-order valence-corrected chi connectivity index (χ2v) is 8.56. The molecule has 1 heterocycles. The van der Waals surface area contributed by atoms with Crippen molar-refractivity contribution in [2.24, 2.45) is 4.99 Å². The van der Waals surface area contributed by atoms with Gasteiger partial charge in [0.2, 0.25) is 5.90 Å². The van der Waals surface area contributed by atoms with Gasteiger partial charge in [-0.1, -0.05) is 37.1 Å². The highest BCUT2D eigenvalue weighted by atomic mass is 127. The molecule has 0 saturated heterocycles. The number of carbonyl (C=O) groups excluding carboxylic acids is 1. The van der Waals surface area contributed by atoms with E-state index in [0.29, 0.717) is 17.2 Å². The Morgan fingerprint density at radius 2 is 1.93 bits per heavy atom. The van der Waals surface area contributed by atoms with Crippen LogP contribution in [0.15, 0.2) is 47.1 Å². The van der Waals surface area contributed by atoms with Crippen molar-refractivity contribution in [2.75, 3.05) is 6.61 Å². The smallest absolute Gasteiger partial charge is 0.363 e. The number of carbonyl (C=O) groups is 1. The second kappa shape index (κ2) is 9.38. The Kier molecular flexibility index (Phi) is 7.16. The monoisotopic (exact) mass is 607 g/mol. The average molecular weight is 608 g/mol. The SMILES string of the molecule is CCCCOc1c(I)cc(/C=C2\N=C(c3ccccc3Cl)OC2=O)cc1I. The lowest BCUT2D eigenvalue weighted by atomic mass is 10.2. The molecule has 0 aliphatic carbocycles. The van der Waals surface area contributed by atoms with Crippen molar-refractivity contribution in [1.82, 2.24) is 0 Å². The van der Waals surface area contributed by atoms with Crippen LogP contribution in [0.1, 0.15) is 30.9 Å². The van der Waals surface area contributed by atoms with Crippen LogP contribution in [0, 0.1) is 7.14 Å². The Morgan fingerprint density at radius 1 is 1.22 bits per heavy atom. The first-order chi connectivity index (χ1) is 13.0. The highest BCUT2D eigenvalue weighted by Gasteiger charge is 2.25. The van der Waals surface area contributed by atoms with Crippen LogP contribution in [0.5, 0.6) is 5.75 Å². The molecular weight excluding hydrogens is 591 g/mol. The van der Waals surface area contributed by atoms with Gasteiger partial charge in [0.05, 0.1) is 24.3 Å². The van der Waals surface area contributed by atoms with Gasteiger partial charge in [-0.3, -0.25) is 0 Å². The highest BCUT2D eigenvalue weighted by Crippen LogP contribution is 2.31. The molecule has 2 aromatic carbocycles. The topological polar surface area (TPSA) is 47.9 Å². The van der Waals surface area contributed by atoms with Gasteiger partial charge in [-0.25, -0.2) is 9.79 Å². The molecule has 0 N–H and O–H groups in total. The van der Waals surface area contributed by atoms with Gasteiger partial charge in [0.1, 0.15) is 5.75 Å². The van der Waals surface area contributed by atoms with Crippen LogP contribution >= 0.6 is 56.8 Å². The average Bonchev–Trinajstić information content (AvgIpc) is 2.98. The lowest BCUT2D eigenvalue weighted by Crippen LogP contribution is -2.05. The third-order valence-corrected chi connectivity index (χ3v) is 5.73. The van der Waals surface area contributed by atoms with Gasteiger partial charge < -0.3 is 9.47 Å². The quantitative estimate of drug-likeness (QED) is 0.173. The second-order valence-electron chi connectivity index (χ2n) is 5.83. The molecule has 4 nitrogen and oxygen atoms in total. The summed E-state index contributed by atoms with van der Waals surface area (Å²) in [5, 5.41) is 0.489. The third kappa shape index (κ3) is 5.03. The van der Waals surface area contributed by atoms with E-state index < -0.39 is 5.97 Å². The number of aliphatic imine (C=N–C) groups is 1. The molecule has 27 heavy (non-hydrogen) atoms. The Morgan fingerprint density at radius 3 is 2.59 bits per heavy atom. The van der Waals surface area contributed by atoms with E-state index in [0.717, 1.165) is 31.3 Å². The number of nitrogens with zero attached hydrogens (tertiary/aromatic N) is 1. The fraction of sp³-hybridized carbons (Fsp3) is 0.200. The number of esters is 1. The summed E-state index contributed by atoms with van der Waals surface area (Å²) in [6, 6.07) is 11.1. The summed E-state index contributed by atoms with van der Waals surface area (Å²) in [5.41, 5.74) is 1.71. The number of cyclic esters (lactones) is 1. The number of ether oxygens (including phenoxy) is 2. The van der Waals surface area contributed by atoms with Crippen LogP contribution in [0.4, 0.5) is 0 Å². The Balaban J connectivity index is 1.88. The molecule has 1 aliphatic heterocycles. The van der Waals surface area contributed by atoms with Crippen LogP contribution in [-0.2, 0) is 9.53 Å². The van der Waals surface area contributed by atoms with Crippen molar-refractivity contribution >= 4 is 74.7 Å². The molecule has 1 aliphatic rings. The van der Waals surface area contributed by atoms with Gasteiger partial charge >= 0.3 is 5.97 Å². The van der Waals surface area contributed by atoms with Crippen molar-refractivity contribution in [3.8, 4) is 5.75 Å². The number of hydrogen-bond donors (Lipinski definition) is 0. The van der Waals surface area contributed by atoms with E-state index in [-0.39, 0.29) is 11.6 Å². The molecule has 2 aromatic rings. The predicted molar refractivity (Wildman–Crippen MR) is 124 cm³/mol. The van der Waals surface area contributed by atoms with E-state index in [9.17, 15) is 4.79 Å². The van der Waals surface area contributed by atoms with Crippen molar-refractivity contribution < 1.29 is 14.3 Å². The molecule has 0 atom stereocenters. The maximum atomic E-state index is 12.2. The summed E-state index contributed by atoms with van der Waals surface area (Å²) in [7, 11) is 0. The molecule has 0 radical (unpaired) electrons. The molecule has 0 bridgehead atoms. The molecule has 0 spiro atoms. The van der Waals surface area contributed by atoms with Crippen molar-refractivity contribution in [3.63, 3.8) is 0 Å². The first-order valence-corrected chi connectivity index (χ1v) is 10.9. The van der Waals surface area contributed by atoms with Gasteiger partial charge in [-0.15, -0.1) is 0 Å². The van der Waals surface area contributed by atoms with Crippen molar-refractivity contribution in [1.29, 1.82) is 0 Å². The molecule has 0 aromatic heterocycles. The largest absolute Gasteiger partial charge is 0.491 e. The summed E-state index contributed by atoms with van der Waals surface area (Å²) in [6.07, 6.45) is 3.82. The van der Waals surface area contributed by atoms with Crippen LogP contribution in [0.2, 0.25) is 5.02 Å². The molecule has 140 valence electrons. The molecule has 0 fully saturated rings. The first kappa shape index (κ1) is 20.6. The normalized spacial score (nSPS) is 15.0. The minimum absolute atomic E-state index is 0.223. The zero-order valence-electron chi connectivity index (χ0n) is 14.5.